The maximum atomic E-state index is 11.7. The summed E-state index contributed by atoms with van der Waals surface area (Å²) in [5.41, 5.74) is 2.38. The average molecular weight is 273 g/mol. The molecule has 0 unspecified atom stereocenters. The number of nitrogens with zero attached hydrogens (tertiary/aromatic N) is 2. The Morgan fingerprint density at radius 2 is 2.25 bits per heavy atom. The zero-order valence-electron chi connectivity index (χ0n) is 12.1. The van der Waals surface area contributed by atoms with Crippen molar-refractivity contribution in [3.8, 4) is 6.07 Å². The molecule has 0 bridgehead atoms. The van der Waals surface area contributed by atoms with E-state index in [0.29, 0.717) is 12.2 Å². The van der Waals surface area contributed by atoms with Crippen LogP contribution in [0.1, 0.15) is 26.3 Å². The van der Waals surface area contributed by atoms with Crippen LogP contribution in [0.3, 0.4) is 0 Å². The number of ether oxygens (including phenoxy) is 1. The van der Waals surface area contributed by atoms with Gasteiger partial charge in [-0.15, -0.1) is 0 Å². The first-order valence-corrected chi connectivity index (χ1v) is 6.64. The van der Waals surface area contributed by atoms with Gasteiger partial charge in [0.1, 0.15) is 12.1 Å². The van der Waals surface area contributed by atoms with Gasteiger partial charge >= 0.3 is 6.09 Å². The predicted molar refractivity (Wildman–Crippen MR) is 77.8 cm³/mol. The SMILES string of the molecule is CC(C)(C)OC(=O)Nc1ccc2c(c1)N(CC#N)CC2. The quantitative estimate of drug-likeness (QED) is 0.841. The molecule has 1 N–H and O–H groups in total. The van der Waals surface area contributed by atoms with Crippen molar-refractivity contribution >= 4 is 17.5 Å². The van der Waals surface area contributed by atoms with Crippen LogP contribution >= 0.6 is 0 Å². The number of hydrogen-bond donors (Lipinski definition) is 1. The first-order valence-electron chi connectivity index (χ1n) is 6.64. The lowest BCUT2D eigenvalue weighted by atomic mass is 10.1. The van der Waals surface area contributed by atoms with E-state index >= 15 is 0 Å². The standard InChI is InChI=1S/C15H19N3O2/c1-15(2,3)20-14(19)17-12-5-4-11-6-8-18(9-7-16)13(11)10-12/h4-5,10H,6,8-9H2,1-3H3,(H,17,19). The lowest BCUT2D eigenvalue weighted by molar-refractivity contribution is 0.0636. The van der Waals surface area contributed by atoms with E-state index in [9.17, 15) is 4.79 Å². The molecule has 1 aromatic carbocycles. The lowest BCUT2D eigenvalue weighted by Gasteiger charge is -2.20. The van der Waals surface area contributed by atoms with Crippen LogP contribution in [0.5, 0.6) is 0 Å². The van der Waals surface area contributed by atoms with E-state index in [1.165, 1.54) is 5.56 Å². The fourth-order valence-corrected chi connectivity index (χ4v) is 2.19. The Bertz CT molecular complexity index is 555. The van der Waals surface area contributed by atoms with Crippen LogP contribution in [0.15, 0.2) is 18.2 Å². The Morgan fingerprint density at radius 3 is 2.90 bits per heavy atom. The maximum absolute atomic E-state index is 11.7. The number of hydrogen-bond acceptors (Lipinski definition) is 4. The van der Waals surface area contributed by atoms with Crippen molar-refractivity contribution in [2.45, 2.75) is 32.8 Å². The van der Waals surface area contributed by atoms with E-state index in [1.54, 1.807) is 0 Å². The molecule has 1 aliphatic heterocycles. The Hall–Kier alpha value is -2.22. The van der Waals surface area contributed by atoms with Crippen LogP contribution in [0, 0.1) is 11.3 Å². The molecule has 1 heterocycles. The summed E-state index contributed by atoms with van der Waals surface area (Å²) in [7, 11) is 0. The third kappa shape index (κ3) is 3.41. The highest BCUT2D eigenvalue weighted by Gasteiger charge is 2.20. The Labute approximate surface area is 119 Å². The summed E-state index contributed by atoms with van der Waals surface area (Å²) < 4.78 is 5.22. The largest absolute Gasteiger partial charge is 0.444 e. The molecular weight excluding hydrogens is 254 g/mol. The average Bonchev–Trinajstić information content (AvgIpc) is 2.70. The van der Waals surface area contributed by atoms with Crippen molar-refractivity contribution in [3.05, 3.63) is 23.8 Å². The maximum Gasteiger partial charge on any atom is 0.412 e. The Balaban J connectivity index is 2.10. The molecule has 0 saturated heterocycles. The molecule has 0 radical (unpaired) electrons. The molecule has 0 saturated carbocycles. The van der Waals surface area contributed by atoms with E-state index in [0.717, 1.165) is 18.7 Å². The molecule has 0 aromatic heterocycles. The minimum Gasteiger partial charge on any atom is -0.444 e. The number of nitrogens with one attached hydrogen (secondary N) is 1. The number of rotatable bonds is 2. The molecule has 0 spiro atoms. The third-order valence-electron chi connectivity index (χ3n) is 2.98. The first kappa shape index (κ1) is 14.2. The van der Waals surface area contributed by atoms with E-state index in [-0.39, 0.29) is 0 Å². The highest BCUT2D eigenvalue weighted by molar-refractivity contribution is 5.86. The number of anilines is 2. The molecule has 0 aliphatic carbocycles. The van der Waals surface area contributed by atoms with E-state index in [4.69, 9.17) is 10.00 Å². The summed E-state index contributed by atoms with van der Waals surface area (Å²) in [6.45, 7) is 6.68. The first-order chi connectivity index (χ1) is 9.39. The highest BCUT2D eigenvalue weighted by Crippen LogP contribution is 2.30. The van der Waals surface area contributed by atoms with Crippen LogP contribution in [-0.4, -0.2) is 24.8 Å². The molecule has 20 heavy (non-hydrogen) atoms. The smallest absolute Gasteiger partial charge is 0.412 e. The zero-order chi connectivity index (χ0) is 14.8. The minimum absolute atomic E-state index is 0.364. The number of fused-ring (bicyclic) bond motifs is 1. The second-order valence-corrected chi connectivity index (χ2v) is 5.80. The second kappa shape index (κ2) is 5.41. The third-order valence-corrected chi connectivity index (χ3v) is 2.98. The summed E-state index contributed by atoms with van der Waals surface area (Å²) in [6, 6.07) is 7.89. The van der Waals surface area contributed by atoms with Crippen LogP contribution in [0.25, 0.3) is 0 Å². The highest BCUT2D eigenvalue weighted by atomic mass is 16.6. The van der Waals surface area contributed by atoms with E-state index in [1.807, 2.05) is 43.9 Å². The summed E-state index contributed by atoms with van der Waals surface area (Å²) >= 11 is 0. The number of carbonyl (C=O) groups is 1. The predicted octanol–water partition coefficient (Wildman–Crippen LogP) is 2.92. The van der Waals surface area contributed by atoms with Crippen molar-refractivity contribution in [2.24, 2.45) is 0 Å². The summed E-state index contributed by atoms with van der Waals surface area (Å²) in [5.74, 6) is 0. The minimum atomic E-state index is -0.520. The number of carbonyl (C=O) groups excluding carboxylic acids is 1. The number of amides is 1. The van der Waals surface area contributed by atoms with Gasteiger partial charge in [-0.25, -0.2) is 4.79 Å². The summed E-state index contributed by atoms with van der Waals surface area (Å²) in [5, 5.41) is 11.5. The fraction of sp³-hybridized carbons (Fsp3) is 0.467. The number of benzene rings is 1. The monoisotopic (exact) mass is 273 g/mol. The molecule has 2 rings (SSSR count). The van der Waals surface area contributed by atoms with Gasteiger partial charge < -0.3 is 9.64 Å². The molecule has 0 atom stereocenters. The van der Waals surface area contributed by atoms with Crippen molar-refractivity contribution < 1.29 is 9.53 Å². The van der Waals surface area contributed by atoms with Crippen molar-refractivity contribution in [1.29, 1.82) is 5.26 Å². The molecule has 5 heteroatoms. The van der Waals surface area contributed by atoms with Gasteiger partial charge in [0, 0.05) is 17.9 Å². The van der Waals surface area contributed by atoms with Crippen LogP contribution in [0.2, 0.25) is 0 Å². The topological polar surface area (TPSA) is 65.4 Å². The van der Waals surface area contributed by atoms with Crippen LogP contribution in [0.4, 0.5) is 16.2 Å². The van der Waals surface area contributed by atoms with Gasteiger partial charge in [0.25, 0.3) is 0 Å². The van der Waals surface area contributed by atoms with Crippen molar-refractivity contribution in [1.82, 2.24) is 0 Å². The normalized spacial score (nSPS) is 13.6. The van der Waals surface area contributed by atoms with Crippen LogP contribution in [-0.2, 0) is 11.2 Å². The lowest BCUT2D eigenvalue weighted by Crippen LogP contribution is -2.27. The molecule has 106 valence electrons. The number of nitriles is 1. The molecular formula is C15H19N3O2. The molecule has 5 nitrogen and oxygen atoms in total. The van der Waals surface area contributed by atoms with Gasteiger partial charge in [0.15, 0.2) is 0 Å². The summed E-state index contributed by atoms with van der Waals surface area (Å²) in [6.07, 6.45) is 0.464. The zero-order valence-corrected chi connectivity index (χ0v) is 12.1. The molecule has 1 aromatic rings. The molecule has 0 fully saturated rings. The summed E-state index contributed by atoms with van der Waals surface area (Å²) in [4.78, 5) is 13.7. The fourth-order valence-electron chi connectivity index (χ4n) is 2.19. The van der Waals surface area contributed by atoms with Gasteiger partial charge in [0.2, 0.25) is 0 Å². The second-order valence-electron chi connectivity index (χ2n) is 5.80. The molecule has 1 aliphatic rings. The van der Waals surface area contributed by atoms with Crippen molar-refractivity contribution in [2.75, 3.05) is 23.3 Å². The molecule has 1 amide bonds. The van der Waals surface area contributed by atoms with Crippen molar-refractivity contribution in [3.63, 3.8) is 0 Å². The van der Waals surface area contributed by atoms with Gasteiger partial charge in [0.05, 0.1) is 6.07 Å². The van der Waals surface area contributed by atoms with Gasteiger partial charge in [-0.05, 0) is 44.9 Å². The van der Waals surface area contributed by atoms with E-state index in [2.05, 4.69) is 11.4 Å². The van der Waals surface area contributed by atoms with E-state index < -0.39 is 11.7 Å². The van der Waals surface area contributed by atoms with Gasteiger partial charge in [-0.2, -0.15) is 5.26 Å². The Kier molecular flexibility index (Phi) is 3.84. The van der Waals surface area contributed by atoms with Gasteiger partial charge in [-0.3, -0.25) is 5.32 Å². The van der Waals surface area contributed by atoms with Gasteiger partial charge in [-0.1, -0.05) is 6.07 Å². The Morgan fingerprint density at radius 1 is 1.50 bits per heavy atom. The van der Waals surface area contributed by atoms with Crippen LogP contribution < -0.4 is 10.2 Å².